The smallest absolute Gasteiger partial charge is 0.126 e. The molecule has 0 fully saturated rings. The molecule has 2 aromatic rings. The highest BCUT2D eigenvalue weighted by Gasteiger charge is 2.17. The lowest BCUT2D eigenvalue weighted by atomic mass is 10.0. The van der Waals surface area contributed by atoms with E-state index in [4.69, 9.17) is 5.84 Å². The number of benzene rings is 1. The Bertz CT molecular complexity index is 545. The average molecular weight is 394 g/mol. The van der Waals surface area contributed by atoms with Crippen molar-refractivity contribution >= 4 is 43.2 Å². The normalized spacial score (nSPS) is 12.7. The van der Waals surface area contributed by atoms with Gasteiger partial charge in [-0.3, -0.25) is 11.3 Å². The molecule has 0 bridgehead atoms. The second-order valence-corrected chi connectivity index (χ2v) is 7.54. The number of nitrogens with two attached hydrogens (primary N) is 1. The summed E-state index contributed by atoms with van der Waals surface area (Å²) in [4.78, 5) is 0. The molecule has 96 valence electrons. The van der Waals surface area contributed by atoms with Crippen molar-refractivity contribution in [1.82, 2.24) is 5.43 Å². The molecule has 1 atom stereocenters. The molecule has 1 aromatic heterocycles. The van der Waals surface area contributed by atoms with Crippen molar-refractivity contribution in [3.8, 4) is 0 Å². The fourth-order valence-corrected chi connectivity index (χ4v) is 4.71. The van der Waals surface area contributed by atoms with Gasteiger partial charge in [0.25, 0.3) is 0 Å². The zero-order valence-electron chi connectivity index (χ0n) is 9.29. The van der Waals surface area contributed by atoms with E-state index in [-0.39, 0.29) is 11.9 Å². The quantitative estimate of drug-likeness (QED) is 0.604. The Morgan fingerprint density at radius 3 is 2.61 bits per heavy atom. The lowest BCUT2D eigenvalue weighted by molar-refractivity contribution is 0.529. The molecule has 1 unspecified atom stereocenters. The summed E-state index contributed by atoms with van der Waals surface area (Å²) in [6, 6.07) is 8.60. The van der Waals surface area contributed by atoms with Gasteiger partial charge in [0.15, 0.2) is 0 Å². The van der Waals surface area contributed by atoms with Crippen LogP contribution in [-0.4, -0.2) is 0 Å². The van der Waals surface area contributed by atoms with E-state index in [0.717, 1.165) is 13.1 Å². The molecule has 3 N–H and O–H groups in total. The van der Waals surface area contributed by atoms with Gasteiger partial charge in [0.2, 0.25) is 0 Å². The van der Waals surface area contributed by atoms with Crippen LogP contribution in [0, 0.1) is 5.82 Å². The molecular formula is C12H11Br2FN2S. The van der Waals surface area contributed by atoms with Crippen LogP contribution in [0.2, 0.25) is 0 Å². The van der Waals surface area contributed by atoms with E-state index in [0.29, 0.717) is 12.0 Å². The molecule has 0 amide bonds. The fraction of sp³-hybridized carbons (Fsp3) is 0.167. The van der Waals surface area contributed by atoms with Crippen molar-refractivity contribution in [3.63, 3.8) is 0 Å². The van der Waals surface area contributed by atoms with E-state index in [1.165, 1.54) is 6.07 Å². The molecule has 6 heteroatoms. The first-order valence-corrected chi connectivity index (χ1v) is 7.66. The van der Waals surface area contributed by atoms with Crippen molar-refractivity contribution in [2.75, 3.05) is 0 Å². The van der Waals surface area contributed by atoms with Crippen LogP contribution in [0.4, 0.5) is 4.39 Å². The zero-order valence-corrected chi connectivity index (χ0v) is 13.3. The molecule has 2 nitrogen and oxygen atoms in total. The summed E-state index contributed by atoms with van der Waals surface area (Å²) in [5, 5.41) is 0. The highest BCUT2D eigenvalue weighted by atomic mass is 79.9. The van der Waals surface area contributed by atoms with Gasteiger partial charge < -0.3 is 0 Å². The number of halogens is 3. The Balaban J connectivity index is 2.25. The largest absolute Gasteiger partial charge is 0.271 e. The summed E-state index contributed by atoms with van der Waals surface area (Å²) in [7, 11) is 0. The monoisotopic (exact) mass is 392 g/mol. The van der Waals surface area contributed by atoms with Crippen molar-refractivity contribution in [2.24, 2.45) is 5.84 Å². The molecule has 18 heavy (non-hydrogen) atoms. The SMILES string of the molecule is NNC(Cc1ccccc1F)c1cc(Br)sc1Br. The van der Waals surface area contributed by atoms with E-state index in [2.05, 4.69) is 37.3 Å². The first-order chi connectivity index (χ1) is 8.61. The summed E-state index contributed by atoms with van der Waals surface area (Å²) in [5.41, 5.74) is 4.41. The average Bonchev–Trinajstić information content (AvgIpc) is 2.67. The van der Waals surface area contributed by atoms with Crippen molar-refractivity contribution in [3.05, 3.63) is 54.8 Å². The maximum Gasteiger partial charge on any atom is 0.126 e. The molecule has 1 heterocycles. The zero-order chi connectivity index (χ0) is 13.1. The highest BCUT2D eigenvalue weighted by Crippen LogP contribution is 2.36. The first kappa shape index (κ1) is 14.1. The minimum Gasteiger partial charge on any atom is -0.271 e. The Morgan fingerprint density at radius 1 is 1.33 bits per heavy atom. The second kappa shape index (κ2) is 6.25. The first-order valence-electron chi connectivity index (χ1n) is 5.26. The highest BCUT2D eigenvalue weighted by molar-refractivity contribution is 9.12. The van der Waals surface area contributed by atoms with Gasteiger partial charge in [-0.05, 0) is 61.5 Å². The summed E-state index contributed by atoms with van der Waals surface area (Å²) in [5.74, 6) is 5.37. The fourth-order valence-electron chi connectivity index (χ4n) is 1.73. The van der Waals surface area contributed by atoms with Gasteiger partial charge in [0, 0.05) is 0 Å². The summed E-state index contributed by atoms with van der Waals surface area (Å²) in [6.45, 7) is 0. The number of nitrogens with one attached hydrogen (secondary N) is 1. The molecule has 0 radical (unpaired) electrons. The van der Waals surface area contributed by atoms with Gasteiger partial charge in [0.1, 0.15) is 5.82 Å². The summed E-state index contributed by atoms with van der Waals surface area (Å²) >= 11 is 8.49. The van der Waals surface area contributed by atoms with Crippen LogP contribution in [0.15, 0.2) is 37.9 Å². The van der Waals surface area contributed by atoms with Crippen LogP contribution in [0.25, 0.3) is 0 Å². The van der Waals surface area contributed by atoms with Crippen molar-refractivity contribution in [2.45, 2.75) is 12.5 Å². The summed E-state index contributed by atoms with van der Waals surface area (Å²) in [6.07, 6.45) is 0.505. The maximum absolute atomic E-state index is 13.6. The lowest BCUT2D eigenvalue weighted by Crippen LogP contribution is -2.29. The van der Waals surface area contributed by atoms with E-state index in [1.54, 1.807) is 23.5 Å². The van der Waals surface area contributed by atoms with Crippen LogP contribution in [0.3, 0.4) is 0 Å². The van der Waals surface area contributed by atoms with Crippen LogP contribution in [0.1, 0.15) is 17.2 Å². The molecule has 0 aliphatic rings. The van der Waals surface area contributed by atoms with E-state index in [1.807, 2.05) is 12.1 Å². The van der Waals surface area contributed by atoms with Crippen LogP contribution < -0.4 is 11.3 Å². The van der Waals surface area contributed by atoms with E-state index >= 15 is 0 Å². The lowest BCUT2D eigenvalue weighted by Gasteiger charge is -2.16. The van der Waals surface area contributed by atoms with Crippen molar-refractivity contribution in [1.29, 1.82) is 0 Å². The van der Waals surface area contributed by atoms with Crippen LogP contribution in [0.5, 0.6) is 0 Å². The molecule has 0 spiro atoms. The molecule has 1 aromatic carbocycles. The van der Waals surface area contributed by atoms with E-state index in [9.17, 15) is 4.39 Å². The Morgan fingerprint density at radius 2 is 2.06 bits per heavy atom. The standard InChI is InChI=1S/C12H11Br2FN2S/c13-11-6-8(12(14)18-11)10(17-16)5-7-3-1-2-4-9(7)15/h1-4,6,10,17H,5,16H2. The van der Waals surface area contributed by atoms with Crippen LogP contribution >= 0.6 is 43.2 Å². The van der Waals surface area contributed by atoms with Gasteiger partial charge in [-0.25, -0.2) is 4.39 Å². The van der Waals surface area contributed by atoms with Crippen LogP contribution in [-0.2, 0) is 6.42 Å². The predicted molar refractivity (Wildman–Crippen MR) is 79.9 cm³/mol. The minimum atomic E-state index is -0.205. The number of thiophene rings is 1. The Labute approximate surface area is 126 Å². The Kier molecular flexibility index (Phi) is 4.91. The predicted octanol–water partition coefficient (Wildman–Crippen LogP) is 4.16. The maximum atomic E-state index is 13.6. The number of hydrogen-bond donors (Lipinski definition) is 2. The molecule has 0 aliphatic heterocycles. The third-order valence-electron chi connectivity index (χ3n) is 2.64. The van der Waals surface area contributed by atoms with Gasteiger partial charge >= 0.3 is 0 Å². The van der Waals surface area contributed by atoms with Crippen molar-refractivity contribution < 1.29 is 4.39 Å². The Hall–Kier alpha value is -0.270. The van der Waals surface area contributed by atoms with Gasteiger partial charge in [-0.2, -0.15) is 0 Å². The van der Waals surface area contributed by atoms with E-state index < -0.39 is 0 Å². The molecular weight excluding hydrogens is 383 g/mol. The molecule has 0 saturated heterocycles. The topological polar surface area (TPSA) is 38.0 Å². The van der Waals surface area contributed by atoms with Gasteiger partial charge in [-0.1, -0.05) is 18.2 Å². The van der Waals surface area contributed by atoms with Gasteiger partial charge in [-0.15, -0.1) is 11.3 Å². The summed E-state index contributed by atoms with van der Waals surface area (Å²) < 4.78 is 15.6. The number of hydrazine groups is 1. The third kappa shape index (κ3) is 3.19. The number of hydrogen-bond acceptors (Lipinski definition) is 3. The molecule has 0 aliphatic carbocycles. The second-order valence-electron chi connectivity index (χ2n) is 3.79. The molecule has 0 saturated carbocycles. The molecule has 2 rings (SSSR count). The van der Waals surface area contributed by atoms with Gasteiger partial charge in [0.05, 0.1) is 13.6 Å². The third-order valence-corrected chi connectivity index (χ3v) is 5.03. The minimum absolute atomic E-state index is 0.126. The number of rotatable bonds is 4.